The minimum absolute atomic E-state index is 0.305. The maximum atomic E-state index is 13.3. The molecule has 1 aromatic carbocycles. The van der Waals surface area contributed by atoms with E-state index in [4.69, 9.17) is 9.26 Å². The first-order valence-corrected chi connectivity index (χ1v) is 9.52. The van der Waals surface area contributed by atoms with Crippen LogP contribution in [0.1, 0.15) is 22.5 Å². The average molecular weight is 384 g/mol. The van der Waals surface area contributed by atoms with E-state index in [2.05, 4.69) is 26.9 Å². The van der Waals surface area contributed by atoms with Crippen LogP contribution in [-0.4, -0.2) is 53.2 Å². The molecular formula is C21H25FN4O2. The maximum Gasteiger partial charge on any atom is 0.170 e. The lowest BCUT2D eigenvalue weighted by atomic mass is 10.1. The Morgan fingerprint density at radius 3 is 2.43 bits per heavy atom. The van der Waals surface area contributed by atoms with Crippen molar-refractivity contribution in [2.75, 3.05) is 33.3 Å². The van der Waals surface area contributed by atoms with Gasteiger partial charge in [0.1, 0.15) is 17.3 Å². The van der Waals surface area contributed by atoms with Gasteiger partial charge in [0.05, 0.1) is 12.8 Å². The summed E-state index contributed by atoms with van der Waals surface area (Å²) in [4.78, 5) is 9.38. The van der Waals surface area contributed by atoms with Gasteiger partial charge in [0.2, 0.25) is 0 Å². The van der Waals surface area contributed by atoms with Gasteiger partial charge in [0.15, 0.2) is 5.58 Å². The SMILES string of the molecule is COc1c(C)cnc(CN2CCN(Cc3noc4cc(F)ccc34)CC2)c1C. The molecule has 0 spiro atoms. The van der Waals surface area contributed by atoms with Crippen molar-refractivity contribution in [3.8, 4) is 5.75 Å². The predicted molar refractivity (Wildman–Crippen MR) is 105 cm³/mol. The van der Waals surface area contributed by atoms with Crippen LogP contribution in [0.25, 0.3) is 11.0 Å². The maximum absolute atomic E-state index is 13.3. The Morgan fingerprint density at radius 2 is 1.75 bits per heavy atom. The molecule has 1 saturated heterocycles. The molecule has 0 N–H and O–H groups in total. The fourth-order valence-corrected chi connectivity index (χ4v) is 3.84. The molecule has 1 aliphatic heterocycles. The average Bonchev–Trinajstić information content (AvgIpc) is 3.08. The molecular weight excluding hydrogens is 359 g/mol. The normalized spacial score (nSPS) is 16.0. The van der Waals surface area contributed by atoms with Crippen molar-refractivity contribution in [2.45, 2.75) is 26.9 Å². The van der Waals surface area contributed by atoms with Gasteiger partial charge in [0.25, 0.3) is 0 Å². The molecule has 2 aromatic heterocycles. The Labute approximate surface area is 163 Å². The molecule has 3 heterocycles. The summed E-state index contributed by atoms with van der Waals surface area (Å²) < 4.78 is 24.1. The molecule has 0 radical (unpaired) electrons. The van der Waals surface area contributed by atoms with Crippen LogP contribution in [0, 0.1) is 19.7 Å². The lowest BCUT2D eigenvalue weighted by Crippen LogP contribution is -2.45. The van der Waals surface area contributed by atoms with E-state index in [1.807, 2.05) is 13.1 Å². The number of hydrogen-bond acceptors (Lipinski definition) is 6. The van der Waals surface area contributed by atoms with Crippen molar-refractivity contribution in [2.24, 2.45) is 0 Å². The van der Waals surface area contributed by atoms with E-state index in [-0.39, 0.29) is 5.82 Å². The minimum atomic E-state index is -0.305. The van der Waals surface area contributed by atoms with Gasteiger partial charge < -0.3 is 9.26 Å². The molecule has 0 bridgehead atoms. The topological polar surface area (TPSA) is 54.6 Å². The van der Waals surface area contributed by atoms with E-state index in [0.717, 1.165) is 66.4 Å². The highest BCUT2D eigenvalue weighted by Crippen LogP contribution is 2.25. The molecule has 7 heteroatoms. The number of ether oxygens (including phenoxy) is 1. The number of aromatic nitrogens is 2. The Kier molecular flexibility index (Phi) is 5.28. The lowest BCUT2D eigenvalue weighted by molar-refractivity contribution is 0.119. The van der Waals surface area contributed by atoms with Crippen LogP contribution in [0.2, 0.25) is 0 Å². The third-order valence-corrected chi connectivity index (χ3v) is 5.47. The largest absolute Gasteiger partial charge is 0.496 e. The van der Waals surface area contributed by atoms with E-state index in [0.29, 0.717) is 12.1 Å². The van der Waals surface area contributed by atoms with Gasteiger partial charge in [-0.2, -0.15) is 0 Å². The number of rotatable bonds is 5. The van der Waals surface area contributed by atoms with Crippen molar-refractivity contribution in [1.29, 1.82) is 0 Å². The van der Waals surface area contributed by atoms with Gasteiger partial charge in [-0.25, -0.2) is 4.39 Å². The summed E-state index contributed by atoms with van der Waals surface area (Å²) in [5.41, 5.74) is 4.62. The van der Waals surface area contributed by atoms with Gasteiger partial charge in [-0.05, 0) is 26.0 Å². The molecule has 0 aliphatic carbocycles. The minimum Gasteiger partial charge on any atom is -0.496 e. The molecule has 6 nitrogen and oxygen atoms in total. The highest BCUT2D eigenvalue weighted by molar-refractivity contribution is 5.79. The molecule has 1 fully saturated rings. The molecule has 0 amide bonds. The Bertz CT molecular complexity index is 980. The van der Waals surface area contributed by atoms with Crippen LogP contribution in [0.3, 0.4) is 0 Å². The Hall–Kier alpha value is -2.51. The van der Waals surface area contributed by atoms with Crippen molar-refractivity contribution < 1.29 is 13.7 Å². The number of nitrogens with zero attached hydrogens (tertiary/aromatic N) is 4. The third-order valence-electron chi connectivity index (χ3n) is 5.47. The number of methoxy groups -OCH3 is 1. The van der Waals surface area contributed by atoms with E-state index in [1.165, 1.54) is 12.1 Å². The summed E-state index contributed by atoms with van der Waals surface area (Å²) in [6.07, 6.45) is 1.88. The van der Waals surface area contributed by atoms with Crippen molar-refractivity contribution >= 4 is 11.0 Å². The molecule has 0 unspecified atom stereocenters. The zero-order chi connectivity index (χ0) is 19.7. The van der Waals surface area contributed by atoms with E-state index < -0.39 is 0 Å². The number of hydrogen-bond donors (Lipinski definition) is 0. The van der Waals surface area contributed by atoms with E-state index in [1.54, 1.807) is 13.2 Å². The molecule has 4 rings (SSSR count). The number of pyridine rings is 1. The van der Waals surface area contributed by atoms with Gasteiger partial charge in [0, 0.05) is 68.0 Å². The first kappa shape index (κ1) is 18.8. The molecule has 0 atom stereocenters. The first-order valence-electron chi connectivity index (χ1n) is 9.52. The van der Waals surface area contributed by atoms with Gasteiger partial charge in [-0.3, -0.25) is 14.8 Å². The summed E-state index contributed by atoms with van der Waals surface area (Å²) in [6.45, 7) is 9.43. The Morgan fingerprint density at radius 1 is 1.07 bits per heavy atom. The second-order valence-corrected chi connectivity index (χ2v) is 7.37. The zero-order valence-electron chi connectivity index (χ0n) is 16.5. The van der Waals surface area contributed by atoms with Gasteiger partial charge in [-0.1, -0.05) is 5.16 Å². The van der Waals surface area contributed by atoms with Crippen LogP contribution >= 0.6 is 0 Å². The fraction of sp³-hybridized carbons (Fsp3) is 0.429. The zero-order valence-corrected chi connectivity index (χ0v) is 16.5. The quantitative estimate of drug-likeness (QED) is 0.673. The van der Waals surface area contributed by atoms with Crippen molar-refractivity contribution in [3.63, 3.8) is 0 Å². The van der Waals surface area contributed by atoms with E-state index >= 15 is 0 Å². The number of piperazine rings is 1. The third kappa shape index (κ3) is 3.72. The molecule has 28 heavy (non-hydrogen) atoms. The molecule has 1 aliphatic rings. The number of benzene rings is 1. The smallest absolute Gasteiger partial charge is 0.170 e. The monoisotopic (exact) mass is 384 g/mol. The molecule has 3 aromatic rings. The van der Waals surface area contributed by atoms with Gasteiger partial charge in [-0.15, -0.1) is 0 Å². The van der Waals surface area contributed by atoms with E-state index in [9.17, 15) is 4.39 Å². The van der Waals surface area contributed by atoms with Crippen LogP contribution in [0.5, 0.6) is 5.75 Å². The highest BCUT2D eigenvalue weighted by Gasteiger charge is 2.21. The summed E-state index contributed by atoms with van der Waals surface area (Å²) >= 11 is 0. The number of halogens is 1. The summed E-state index contributed by atoms with van der Waals surface area (Å²) in [7, 11) is 1.71. The van der Waals surface area contributed by atoms with Crippen LogP contribution < -0.4 is 4.74 Å². The van der Waals surface area contributed by atoms with Crippen LogP contribution in [0.15, 0.2) is 28.9 Å². The van der Waals surface area contributed by atoms with Crippen LogP contribution in [0.4, 0.5) is 4.39 Å². The second kappa shape index (κ2) is 7.85. The van der Waals surface area contributed by atoms with Crippen molar-refractivity contribution in [3.05, 3.63) is 52.7 Å². The van der Waals surface area contributed by atoms with Crippen molar-refractivity contribution in [1.82, 2.24) is 19.9 Å². The Balaban J connectivity index is 1.37. The predicted octanol–water partition coefficient (Wildman–Crippen LogP) is 3.31. The number of aryl methyl sites for hydroxylation is 1. The first-order chi connectivity index (χ1) is 13.5. The highest BCUT2D eigenvalue weighted by atomic mass is 19.1. The summed E-state index contributed by atoms with van der Waals surface area (Å²) in [5, 5.41) is 5.02. The second-order valence-electron chi connectivity index (χ2n) is 7.37. The lowest BCUT2D eigenvalue weighted by Gasteiger charge is -2.34. The fourth-order valence-electron chi connectivity index (χ4n) is 3.84. The standard InChI is InChI=1S/C21H25FN4O2/c1-14-11-23-18(15(2)21(14)27-3)12-25-6-8-26(9-7-25)13-19-17-5-4-16(22)10-20(17)28-24-19/h4-5,10-11H,6-9,12-13H2,1-3H3. The summed E-state index contributed by atoms with van der Waals surface area (Å²) in [5.74, 6) is 0.624. The molecule has 148 valence electrons. The van der Waals surface area contributed by atoms with Crippen LogP contribution in [-0.2, 0) is 13.1 Å². The summed E-state index contributed by atoms with van der Waals surface area (Å²) in [6, 6.07) is 4.58. The molecule has 0 saturated carbocycles. The van der Waals surface area contributed by atoms with Gasteiger partial charge >= 0.3 is 0 Å². The number of fused-ring (bicyclic) bond motifs is 1.